The van der Waals surface area contributed by atoms with Crippen LogP contribution in [0.2, 0.25) is 0 Å². The second-order valence-electron chi connectivity index (χ2n) is 5.44. The zero-order chi connectivity index (χ0) is 14.7. The molecule has 1 aliphatic rings. The molecule has 21 heavy (non-hydrogen) atoms. The van der Waals surface area contributed by atoms with Gasteiger partial charge in [-0.2, -0.15) is 5.26 Å². The van der Waals surface area contributed by atoms with E-state index < -0.39 is 0 Å². The molecule has 4 heteroatoms. The molecule has 3 nitrogen and oxygen atoms in total. The molecular weight excluding hydrogens is 280 g/mol. The smallest absolute Gasteiger partial charge is 0.119 e. The number of thiazole rings is 1. The Morgan fingerprint density at radius 1 is 1.43 bits per heavy atom. The summed E-state index contributed by atoms with van der Waals surface area (Å²) < 4.78 is 5.78. The Balaban J connectivity index is 1.60. The van der Waals surface area contributed by atoms with Crippen LogP contribution in [0.15, 0.2) is 24.3 Å². The molecule has 1 aromatic carbocycles. The Bertz CT molecular complexity index is 668. The number of benzene rings is 1. The minimum absolute atomic E-state index is 0.488. The molecule has 0 atom stereocenters. The number of aryl methyl sites for hydroxylation is 1. The van der Waals surface area contributed by atoms with Gasteiger partial charge in [0.2, 0.25) is 0 Å². The lowest BCUT2D eigenvalue weighted by molar-refractivity contribution is 0.321. The van der Waals surface area contributed by atoms with Crippen LogP contribution < -0.4 is 4.74 Å². The van der Waals surface area contributed by atoms with Crippen LogP contribution in [-0.4, -0.2) is 11.6 Å². The van der Waals surface area contributed by atoms with Crippen molar-refractivity contribution in [2.24, 2.45) is 0 Å². The van der Waals surface area contributed by atoms with E-state index in [1.807, 2.05) is 18.2 Å². The molecule has 108 valence electrons. The van der Waals surface area contributed by atoms with E-state index in [0.717, 1.165) is 22.1 Å². The Hall–Kier alpha value is -1.86. The zero-order valence-electron chi connectivity index (χ0n) is 12.1. The minimum atomic E-state index is 0.488. The number of hydrogen-bond donors (Lipinski definition) is 0. The third-order valence-corrected chi connectivity index (χ3v) is 4.68. The van der Waals surface area contributed by atoms with Crippen LogP contribution in [0.5, 0.6) is 5.75 Å². The van der Waals surface area contributed by atoms with Crippen LogP contribution in [0.4, 0.5) is 0 Å². The van der Waals surface area contributed by atoms with Gasteiger partial charge in [-0.05, 0) is 37.5 Å². The molecule has 0 unspecified atom stereocenters. The molecule has 0 aliphatic heterocycles. The monoisotopic (exact) mass is 298 g/mol. The van der Waals surface area contributed by atoms with Gasteiger partial charge in [-0.1, -0.05) is 12.1 Å². The van der Waals surface area contributed by atoms with Crippen molar-refractivity contribution in [2.45, 2.75) is 38.5 Å². The van der Waals surface area contributed by atoms with E-state index in [2.05, 4.69) is 19.1 Å². The third kappa shape index (κ3) is 3.62. The van der Waals surface area contributed by atoms with Crippen LogP contribution in [-0.2, 0) is 12.8 Å². The van der Waals surface area contributed by atoms with Crippen molar-refractivity contribution in [3.8, 4) is 11.8 Å². The summed E-state index contributed by atoms with van der Waals surface area (Å²) in [6, 6.07) is 10.3. The summed E-state index contributed by atoms with van der Waals surface area (Å²) in [5, 5.41) is 10.0. The molecule has 0 amide bonds. The van der Waals surface area contributed by atoms with Crippen molar-refractivity contribution >= 4 is 11.3 Å². The van der Waals surface area contributed by atoms with Gasteiger partial charge in [0.25, 0.3) is 0 Å². The molecule has 0 saturated heterocycles. The maximum Gasteiger partial charge on any atom is 0.119 e. The van der Waals surface area contributed by atoms with E-state index in [1.165, 1.54) is 24.1 Å². The van der Waals surface area contributed by atoms with Crippen molar-refractivity contribution in [2.75, 3.05) is 6.61 Å². The Morgan fingerprint density at radius 2 is 2.29 bits per heavy atom. The summed E-state index contributed by atoms with van der Waals surface area (Å²) in [5.41, 5.74) is 2.38. The fourth-order valence-electron chi connectivity index (χ4n) is 2.36. The molecule has 1 saturated carbocycles. The van der Waals surface area contributed by atoms with E-state index in [1.54, 1.807) is 11.3 Å². The largest absolute Gasteiger partial charge is 0.493 e. The van der Waals surface area contributed by atoms with Crippen LogP contribution in [0.3, 0.4) is 0 Å². The Morgan fingerprint density at radius 3 is 3.00 bits per heavy atom. The van der Waals surface area contributed by atoms with Crippen LogP contribution in [0, 0.1) is 18.3 Å². The highest BCUT2D eigenvalue weighted by molar-refractivity contribution is 7.11. The van der Waals surface area contributed by atoms with Crippen LogP contribution in [0.25, 0.3) is 0 Å². The summed E-state index contributed by atoms with van der Waals surface area (Å²) in [6.45, 7) is 2.69. The molecule has 1 fully saturated rings. The van der Waals surface area contributed by atoms with Gasteiger partial charge in [0.15, 0.2) is 0 Å². The van der Waals surface area contributed by atoms with Gasteiger partial charge >= 0.3 is 0 Å². The molecule has 1 aromatic heterocycles. The van der Waals surface area contributed by atoms with Crippen LogP contribution in [0.1, 0.15) is 39.9 Å². The van der Waals surface area contributed by atoms with Gasteiger partial charge in [0.05, 0.1) is 29.8 Å². The number of rotatable bonds is 6. The first-order valence-corrected chi connectivity index (χ1v) is 8.13. The lowest BCUT2D eigenvalue weighted by Crippen LogP contribution is -2.01. The predicted molar refractivity (Wildman–Crippen MR) is 83.8 cm³/mol. The average Bonchev–Trinajstić information content (AvgIpc) is 3.22. The number of hydrogen-bond acceptors (Lipinski definition) is 4. The highest BCUT2D eigenvalue weighted by Crippen LogP contribution is 2.42. The molecule has 1 aliphatic carbocycles. The van der Waals surface area contributed by atoms with E-state index in [0.29, 0.717) is 18.9 Å². The summed E-state index contributed by atoms with van der Waals surface area (Å²) in [5.74, 6) is 1.52. The van der Waals surface area contributed by atoms with Crippen molar-refractivity contribution in [1.82, 2.24) is 4.98 Å². The molecule has 3 rings (SSSR count). The number of nitriles is 1. The third-order valence-electron chi connectivity index (χ3n) is 3.55. The van der Waals surface area contributed by atoms with Crippen LogP contribution >= 0.6 is 11.3 Å². The first-order valence-electron chi connectivity index (χ1n) is 7.31. The average molecular weight is 298 g/mol. The molecule has 2 aromatic rings. The van der Waals surface area contributed by atoms with Gasteiger partial charge in [-0.3, -0.25) is 0 Å². The summed E-state index contributed by atoms with van der Waals surface area (Å²) in [4.78, 5) is 5.88. The standard InChI is InChI=1S/C17H18N2OS/c1-12-3-2-4-14(11-12)20-10-8-16-19-17(13-5-6-13)15(21-16)7-9-18/h2-4,11,13H,5-8,10H2,1H3. The fraction of sp³-hybridized carbons (Fsp3) is 0.412. The Labute approximate surface area is 129 Å². The van der Waals surface area contributed by atoms with Crippen molar-refractivity contribution in [3.63, 3.8) is 0 Å². The van der Waals surface area contributed by atoms with Gasteiger partial charge in [-0.15, -0.1) is 11.3 Å². The highest BCUT2D eigenvalue weighted by atomic mass is 32.1. The molecule has 0 spiro atoms. The first kappa shape index (κ1) is 14.1. The van der Waals surface area contributed by atoms with Gasteiger partial charge in [-0.25, -0.2) is 4.98 Å². The number of ether oxygens (including phenoxy) is 1. The van der Waals surface area contributed by atoms with Gasteiger partial charge < -0.3 is 4.74 Å². The Kier molecular flexibility index (Phi) is 4.21. The fourth-order valence-corrected chi connectivity index (χ4v) is 3.42. The lowest BCUT2D eigenvalue weighted by Gasteiger charge is -2.05. The lowest BCUT2D eigenvalue weighted by atomic mass is 10.2. The minimum Gasteiger partial charge on any atom is -0.493 e. The van der Waals surface area contributed by atoms with Crippen molar-refractivity contribution in [3.05, 3.63) is 45.4 Å². The topological polar surface area (TPSA) is 45.9 Å². The normalized spacial score (nSPS) is 13.9. The zero-order valence-corrected chi connectivity index (χ0v) is 12.9. The molecular formula is C17H18N2OS. The van der Waals surface area contributed by atoms with E-state index in [4.69, 9.17) is 15.0 Å². The van der Waals surface area contributed by atoms with Gasteiger partial charge in [0.1, 0.15) is 5.75 Å². The SMILES string of the molecule is Cc1cccc(OCCc2nc(C3CC3)c(CC#N)s2)c1. The van der Waals surface area contributed by atoms with Gasteiger partial charge in [0, 0.05) is 17.2 Å². The molecule has 0 bridgehead atoms. The quantitative estimate of drug-likeness (QED) is 0.809. The van der Waals surface area contributed by atoms with Crippen molar-refractivity contribution in [1.29, 1.82) is 5.26 Å². The second kappa shape index (κ2) is 6.28. The molecule has 0 radical (unpaired) electrons. The summed E-state index contributed by atoms with van der Waals surface area (Å²) >= 11 is 1.68. The highest BCUT2D eigenvalue weighted by Gasteiger charge is 2.29. The first-order chi connectivity index (χ1) is 10.3. The molecule has 0 N–H and O–H groups in total. The van der Waals surface area contributed by atoms with E-state index >= 15 is 0 Å². The number of aromatic nitrogens is 1. The predicted octanol–water partition coefficient (Wildman–Crippen LogP) is 4.02. The number of nitrogens with zero attached hydrogens (tertiary/aromatic N) is 2. The maximum atomic E-state index is 8.91. The molecule has 1 heterocycles. The summed E-state index contributed by atoms with van der Waals surface area (Å²) in [6.07, 6.45) is 3.74. The van der Waals surface area contributed by atoms with E-state index in [-0.39, 0.29) is 0 Å². The summed E-state index contributed by atoms with van der Waals surface area (Å²) in [7, 11) is 0. The van der Waals surface area contributed by atoms with E-state index in [9.17, 15) is 0 Å². The maximum absolute atomic E-state index is 8.91. The van der Waals surface area contributed by atoms with Crippen molar-refractivity contribution < 1.29 is 4.74 Å². The second-order valence-corrected chi connectivity index (χ2v) is 6.61.